The number of hydrogen-bond acceptors (Lipinski definition) is 4. The third-order valence-electron chi connectivity index (χ3n) is 5.75. The molecule has 0 radical (unpaired) electrons. The number of halogens is 4. The van der Waals surface area contributed by atoms with Crippen LogP contribution in [0.1, 0.15) is 51.6 Å². The van der Waals surface area contributed by atoms with Gasteiger partial charge in [0, 0.05) is 18.1 Å². The number of nitrogens with one attached hydrogen (secondary N) is 1. The molecule has 9 heteroatoms. The van der Waals surface area contributed by atoms with Crippen molar-refractivity contribution in [2.75, 3.05) is 0 Å². The van der Waals surface area contributed by atoms with Crippen LogP contribution in [0.15, 0.2) is 89.5 Å². The molecule has 4 aromatic rings. The van der Waals surface area contributed by atoms with Crippen molar-refractivity contribution in [2.24, 2.45) is 0 Å². The number of carbonyl (C=O) groups is 1. The van der Waals surface area contributed by atoms with Gasteiger partial charge in [0.25, 0.3) is 5.91 Å². The molecular weight excluding hydrogens is 503 g/mol. The van der Waals surface area contributed by atoms with Crippen molar-refractivity contribution < 1.29 is 22.4 Å². The molecule has 1 N–H and O–H groups in total. The summed E-state index contributed by atoms with van der Waals surface area (Å²) in [4.78, 5) is 18.9. The van der Waals surface area contributed by atoms with Gasteiger partial charge in [-0.25, -0.2) is 4.98 Å². The second kappa shape index (κ2) is 11.6. The van der Waals surface area contributed by atoms with E-state index < -0.39 is 11.7 Å². The lowest BCUT2D eigenvalue weighted by molar-refractivity contribution is -0.137. The van der Waals surface area contributed by atoms with Crippen LogP contribution in [0, 0.1) is 0 Å². The highest BCUT2D eigenvalue weighted by Gasteiger charge is 2.30. The summed E-state index contributed by atoms with van der Waals surface area (Å²) in [7, 11) is 0. The summed E-state index contributed by atoms with van der Waals surface area (Å²) in [6, 6.07) is 21.7. The zero-order valence-corrected chi connectivity index (χ0v) is 20.8. The lowest BCUT2D eigenvalue weighted by atomic mass is 10.1. The van der Waals surface area contributed by atoms with Crippen molar-refractivity contribution in [3.8, 4) is 0 Å². The molecule has 0 aliphatic heterocycles. The first-order valence-corrected chi connectivity index (χ1v) is 12.0. The van der Waals surface area contributed by atoms with E-state index in [-0.39, 0.29) is 36.6 Å². The van der Waals surface area contributed by atoms with Crippen molar-refractivity contribution in [3.05, 3.63) is 124 Å². The van der Waals surface area contributed by atoms with E-state index in [1.807, 2.05) is 54.3 Å². The summed E-state index contributed by atoms with van der Waals surface area (Å²) in [5.41, 5.74) is 1.72. The summed E-state index contributed by atoms with van der Waals surface area (Å²) in [5.74, 6) is -0.114. The molecule has 3 aromatic carbocycles. The van der Waals surface area contributed by atoms with E-state index >= 15 is 0 Å². The molecule has 5 nitrogen and oxygen atoms in total. The topological polar surface area (TPSA) is 58.4 Å². The fourth-order valence-electron chi connectivity index (χ4n) is 3.94. The Labute approximate surface area is 217 Å². The van der Waals surface area contributed by atoms with Crippen molar-refractivity contribution in [1.29, 1.82) is 0 Å². The number of amides is 1. The van der Waals surface area contributed by atoms with Crippen LogP contribution in [-0.2, 0) is 25.8 Å². The van der Waals surface area contributed by atoms with Gasteiger partial charge in [0.05, 0.1) is 18.2 Å². The van der Waals surface area contributed by atoms with E-state index in [2.05, 4.69) is 10.3 Å². The summed E-state index contributed by atoms with van der Waals surface area (Å²) in [6.45, 7) is 2.62. The predicted molar refractivity (Wildman–Crippen MR) is 135 cm³/mol. The minimum Gasteiger partial charge on any atom is -0.447 e. The maximum atomic E-state index is 13.2. The van der Waals surface area contributed by atoms with Gasteiger partial charge in [-0.2, -0.15) is 13.2 Å². The van der Waals surface area contributed by atoms with Crippen LogP contribution in [0.25, 0.3) is 0 Å². The highest BCUT2D eigenvalue weighted by atomic mass is 35.5. The highest BCUT2D eigenvalue weighted by molar-refractivity contribution is 6.30. The second-order valence-electron chi connectivity index (χ2n) is 8.71. The Morgan fingerprint density at radius 2 is 1.65 bits per heavy atom. The SMILES string of the molecule is C[C@@H](NC(=O)c1coc(CN(Cc2cccc(Cl)c2)Cc2cccc(C(F)(F)F)c2)n1)c1ccccc1. The quantitative estimate of drug-likeness (QED) is 0.253. The molecule has 192 valence electrons. The number of carbonyl (C=O) groups excluding carboxylic acids is 1. The average molecular weight is 528 g/mol. The molecule has 1 atom stereocenters. The zero-order valence-electron chi connectivity index (χ0n) is 20.0. The second-order valence-corrected chi connectivity index (χ2v) is 9.14. The monoisotopic (exact) mass is 527 g/mol. The molecule has 0 unspecified atom stereocenters. The van der Waals surface area contributed by atoms with Gasteiger partial charge < -0.3 is 9.73 Å². The highest BCUT2D eigenvalue weighted by Crippen LogP contribution is 2.30. The summed E-state index contributed by atoms with van der Waals surface area (Å²) >= 11 is 6.12. The van der Waals surface area contributed by atoms with Crippen molar-refractivity contribution in [1.82, 2.24) is 15.2 Å². The number of hydrogen-bond donors (Lipinski definition) is 1. The Bertz CT molecular complexity index is 1340. The Hall–Kier alpha value is -3.62. The molecule has 1 heterocycles. The maximum Gasteiger partial charge on any atom is 0.416 e. The van der Waals surface area contributed by atoms with Gasteiger partial charge in [0.15, 0.2) is 5.69 Å². The Kier molecular flexibility index (Phi) is 8.31. The van der Waals surface area contributed by atoms with E-state index in [0.717, 1.165) is 23.3 Å². The molecule has 0 bridgehead atoms. The third kappa shape index (κ3) is 7.44. The first-order chi connectivity index (χ1) is 17.7. The summed E-state index contributed by atoms with van der Waals surface area (Å²) < 4.78 is 45.2. The Balaban J connectivity index is 1.50. The molecule has 0 saturated heterocycles. The van der Waals surface area contributed by atoms with E-state index in [1.165, 1.54) is 12.3 Å². The molecule has 0 saturated carbocycles. The molecule has 1 aromatic heterocycles. The minimum atomic E-state index is -4.44. The normalized spacial score (nSPS) is 12.5. The summed E-state index contributed by atoms with van der Waals surface area (Å²) in [6.07, 6.45) is -3.15. The zero-order chi connectivity index (χ0) is 26.4. The first kappa shape index (κ1) is 26.4. The van der Waals surface area contributed by atoms with Crippen LogP contribution >= 0.6 is 11.6 Å². The van der Waals surface area contributed by atoms with Crippen LogP contribution in [-0.4, -0.2) is 15.8 Å². The number of benzene rings is 3. The number of oxazole rings is 1. The largest absolute Gasteiger partial charge is 0.447 e. The van der Waals surface area contributed by atoms with Crippen LogP contribution < -0.4 is 5.32 Å². The molecule has 1 amide bonds. The van der Waals surface area contributed by atoms with E-state index in [9.17, 15) is 18.0 Å². The van der Waals surface area contributed by atoms with Crippen LogP contribution in [0.5, 0.6) is 0 Å². The Morgan fingerprint density at radius 1 is 0.973 bits per heavy atom. The first-order valence-electron chi connectivity index (χ1n) is 11.6. The average Bonchev–Trinajstić information content (AvgIpc) is 3.33. The molecule has 37 heavy (non-hydrogen) atoms. The van der Waals surface area contributed by atoms with Gasteiger partial charge in [-0.15, -0.1) is 0 Å². The van der Waals surface area contributed by atoms with Gasteiger partial charge in [-0.1, -0.05) is 72.3 Å². The van der Waals surface area contributed by atoms with Crippen molar-refractivity contribution >= 4 is 17.5 Å². The minimum absolute atomic E-state index is 0.125. The third-order valence-corrected chi connectivity index (χ3v) is 5.98. The van der Waals surface area contributed by atoms with Crippen LogP contribution in [0.4, 0.5) is 13.2 Å². The number of nitrogens with zero attached hydrogens (tertiary/aromatic N) is 2. The van der Waals surface area contributed by atoms with Gasteiger partial charge >= 0.3 is 6.18 Å². The van der Waals surface area contributed by atoms with Gasteiger partial charge in [-0.3, -0.25) is 9.69 Å². The maximum absolute atomic E-state index is 13.2. The molecule has 0 aliphatic carbocycles. The molecule has 0 fully saturated rings. The molecule has 0 aliphatic rings. The molecular formula is C28H25ClF3N3O2. The Morgan fingerprint density at radius 3 is 2.32 bits per heavy atom. The van der Waals surface area contributed by atoms with E-state index in [4.69, 9.17) is 16.0 Å². The number of alkyl halides is 3. The van der Waals surface area contributed by atoms with Crippen LogP contribution in [0.2, 0.25) is 5.02 Å². The van der Waals surface area contributed by atoms with Crippen LogP contribution in [0.3, 0.4) is 0 Å². The molecule has 4 rings (SSSR count). The standard InChI is InChI=1S/C28H25ClF3N3O2/c1-19(22-9-3-2-4-10-22)33-27(36)25-18-37-26(34-25)17-35(16-21-8-6-12-24(29)14-21)15-20-7-5-11-23(13-20)28(30,31)32/h2-14,18-19H,15-17H2,1H3,(H,33,36)/t19-/m1/s1. The van der Waals surface area contributed by atoms with Gasteiger partial charge in [0.2, 0.25) is 5.89 Å². The molecule has 0 spiro atoms. The smallest absolute Gasteiger partial charge is 0.416 e. The van der Waals surface area contributed by atoms with E-state index in [1.54, 1.807) is 18.2 Å². The number of rotatable bonds is 9. The summed E-state index contributed by atoms with van der Waals surface area (Å²) in [5, 5.41) is 3.44. The van der Waals surface area contributed by atoms with E-state index in [0.29, 0.717) is 17.1 Å². The van der Waals surface area contributed by atoms with Crippen molar-refractivity contribution in [3.63, 3.8) is 0 Å². The fraction of sp³-hybridized carbons (Fsp3) is 0.214. The fourth-order valence-corrected chi connectivity index (χ4v) is 4.15. The predicted octanol–water partition coefficient (Wildman–Crippen LogP) is 7.04. The van der Waals surface area contributed by atoms with Crippen molar-refractivity contribution in [2.45, 2.75) is 38.8 Å². The van der Waals surface area contributed by atoms with Gasteiger partial charge in [0.1, 0.15) is 6.26 Å². The number of aromatic nitrogens is 1. The lowest BCUT2D eigenvalue weighted by Gasteiger charge is -2.22. The van der Waals surface area contributed by atoms with Gasteiger partial charge in [-0.05, 0) is 41.8 Å². The lowest BCUT2D eigenvalue weighted by Crippen LogP contribution is -2.27.